The number of aryl methyl sites for hydroxylation is 1. The summed E-state index contributed by atoms with van der Waals surface area (Å²) in [6.07, 6.45) is 0. The molecule has 0 aliphatic heterocycles. The van der Waals surface area contributed by atoms with Crippen molar-refractivity contribution in [1.29, 1.82) is 0 Å². The van der Waals surface area contributed by atoms with Gasteiger partial charge in [-0.2, -0.15) is 0 Å². The summed E-state index contributed by atoms with van der Waals surface area (Å²) in [4.78, 5) is 7.75. The van der Waals surface area contributed by atoms with Gasteiger partial charge in [0.2, 0.25) is 5.28 Å². The van der Waals surface area contributed by atoms with Gasteiger partial charge in [0.15, 0.2) is 0 Å². The molecule has 54 valence electrons. The largest absolute Gasteiger partial charge is 0.223 e. The molecule has 0 aliphatic rings. The SMILES string of the molecule is Cc1cc(CCl)nc(Cl)n1. The molecule has 0 unspecified atom stereocenters. The van der Waals surface area contributed by atoms with E-state index in [1.165, 1.54) is 0 Å². The van der Waals surface area contributed by atoms with Gasteiger partial charge in [0.25, 0.3) is 0 Å². The lowest BCUT2D eigenvalue weighted by atomic mass is 10.4. The number of hydrogen-bond acceptors (Lipinski definition) is 2. The summed E-state index contributed by atoms with van der Waals surface area (Å²) in [5, 5.41) is 0.260. The van der Waals surface area contributed by atoms with Crippen LogP contribution in [0.3, 0.4) is 0 Å². The molecule has 0 saturated carbocycles. The van der Waals surface area contributed by atoms with Crippen LogP contribution in [0, 0.1) is 6.92 Å². The molecule has 0 bridgehead atoms. The second-order valence-electron chi connectivity index (χ2n) is 1.90. The zero-order valence-electron chi connectivity index (χ0n) is 5.43. The van der Waals surface area contributed by atoms with E-state index in [1.54, 1.807) is 6.07 Å². The molecule has 0 aromatic carbocycles. The number of nitrogens with zero attached hydrogens (tertiary/aromatic N) is 2. The summed E-state index contributed by atoms with van der Waals surface area (Å²) in [6, 6.07) is 1.80. The molecule has 2 nitrogen and oxygen atoms in total. The van der Waals surface area contributed by atoms with Crippen LogP contribution in [0.15, 0.2) is 6.07 Å². The van der Waals surface area contributed by atoms with Crippen molar-refractivity contribution < 1.29 is 0 Å². The van der Waals surface area contributed by atoms with Crippen molar-refractivity contribution in [3.05, 3.63) is 22.7 Å². The van der Waals surface area contributed by atoms with E-state index in [2.05, 4.69) is 9.97 Å². The number of rotatable bonds is 1. The Labute approximate surface area is 69.2 Å². The second-order valence-corrected chi connectivity index (χ2v) is 2.51. The van der Waals surface area contributed by atoms with Crippen molar-refractivity contribution in [3.8, 4) is 0 Å². The zero-order valence-corrected chi connectivity index (χ0v) is 6.95. The Kier molecular flexibility index (Phi) is 2.46. The van der Waals surface area contributed by atoms with Gasteiger partial charge in [0.05, 0.1) is 11.6 Å². The fraction of sp³-hybridized carbons (Fsp3) is 0.333. The van der Waals surface area contributed by atoms with E-state index in [4.69, 9.17) is 23.2 Å². The number of aromatic nitrogens is 2. The van der Waals surface area contributed by atoms with Crippen molar-refractivity contribution >= 4 is 23.2 Å². The Hall–Kier alpha value is -0.340. The molecular formula is C6H6Cl2N2. The molecule has 0 radical (unpaired) electrons. The minimum absolute atomic E-state index is 0.260. The highest BCUT2D eigenvalue weighted by Crippen LogP contribution is 2.06. The summed E-state index contributed by atoms with van der Waals surface area (Å²) < 4.78 is 0. The number of alkyl halides is 1. The minimum Gasteiger partial charge on any atom is -0.223 e. The van der Waals surface area contributed by atoms with Crippen LogP contribution < -0.4 is 0 Å². The van der Waals surface area contributed by atoms with Crippen molar-refractivity contribution in [2.75, 3.05) is 0 Å². The van der Waals surface area contributed by atoms with E-state index in [-0.39, 0.29) is 5.28 Å². The molecule has 1 aromatic heterocycles. The lowest BCUT2D eigenvalue weighted by Gasteiger charge is -1.95. The zero-order chi connectivity index (χ0) is 7.56. The molecule has 0 spiro atoms. The van der Waals surface area contributed by atoms with Gasteiger partial charge in [0, 0.05) is 5.69 Å². The van der Waals surface area contributed by atoms with E-state index < -0.39 is 0 Å². The van der Waals surface area contributed by atoms with Crippen molar-refractivity contribution in [3.63, 3.8) is 0 Å². The van der Waals surface area contributed by atoms with Crippen LogP contribution in [0.1, 0.15) is 11.4 Å². The smallest absolute Gasteiger partial charge is 0.222 e. The van der Waals surface area contributed by atoms with Crippen LogP contribution in [0.5, 0.6) is 0 Å². The van der Waals surface area contributed by atoms with Crippen LogP contribution in [0.4, 0.5) is 0 Å². The summed E-state index contributed by atoms with van der Waals surface area (Å²) in [5.74, 6) is 0.378. The van der Waals surface area contributed by atoms with Crippen LogP contribution in [-0.2, 0) is 5.88 Å². The van der Waals surface area contributed by atoms with E-state index >= 15 is 0 Å². The molecule has 0 N–H and O–H groups in total. The Morgan fingerprint density at radius 3 is 2.70 bits per heavy atom. The molecule has 1 rings (SSSR count). The summed E-state index contributed by atoms with van der Waals surface area (Å²) in [6.45, 7) is 1.85. The second kappa shape index (κ2) is 3.17. The Balaban J connectivity index is 3.06. The van der Waals surface area contributed by atoms with Crippen LogP contribution in [-0.4, -0.2) is 9.97 Å². The number of halogens is 2. The third kappa shape index (κ3) is 1.82. The third-order valence-electron chi connectivity index (χ3n) is 1.02. The minimum atomic E-state index is 0.260. The first-order valence-electron chi connectivity index (χ1n) is 2.78. The van der Waals surface area contributed by atoms with Crippen LogP contribution >= 0.6 is 23.2 Å². The Morgan fingerprint density at radius 2 is 2.20 bits per heavy atom. The third-order valence-corrected chi connectivity index (χ3v) is 1.46. The summed E-state index contributed by atoms with van der Waals surface area (Å²) in [7, 11) is 0. The standard InChI is InChI=1S/C6H6Cl2N2/c1-4-2-5(3-7)10-6(8)9-4/h2H,3H2,1H3. The summed E-state index contributed by atoms with van der Waals surface area (Å²) in [5.41, 5.74) is 1.61. The molecule has 1 aromatic rings. The first-order chi connectivity index (χ1) is 4.72. The van der Waals surface area contributed by atoms with Gasteiger partial charge in [0.1, 0.15) is 0 Å². The maximum atomic E-state index is 5.55. The van der Waals surface area contributed by atoms with Gasteiger partial charge < -0.3 is 0 Å². The van der Waals surface area contributed by atoms with E-state index in [0.717, 1.165) is 11.4 Å². The highest BCUT2D eigenvalue weighted by molar-refractivity contribution is 6.28. The molecule has 0 amide bonds. The average Bonchev–Trinajstić information content (AvgIpc) is 1.85. The molecule has 10 heavy (non-hydrogen) atoms. The Morgan fingerprint density at radius 1 is 1.50 bits per heavy atom. The molecule has 0 atom stereocenters. The van der Waals surface area contributed by atoms with E-state index in [1.807, 2.05) is 6.92 Å². The van der Waals surface area contributed by atoms with Gasteiger partial charge in [-0.25, -0.2) is 9.97 Å². The maximum absolute atomic E-state index is 5.55. The van der Waals surface area contributed by atoms with Crippen LogP contribution in [0.25, 0.3) is 0 Å². The van der Waals surface area contributed by atoms with Gasteiger partial charge >= 0.3 is 0 Å². The number of hydrogen-bond donors (Lipinski definition) is 0. The first kappa shape index (κ1) is 7.76. The lowest BCUT2D eigenvalue weighted by molar-refractivity contribution is 1.04. The molecular weight excluding hydrogens is 171 g/mol. The quantitative estimate of drug-likeness (QED) is 0.485. The molecule has 0 saturated heterocycles. The van der Waals surface area contributed by atoms with Gasteiger partial charge in [-0.05, 0) is 24.6 Å². The average molecular weight is 177 g/mol. The molecule has 1 heterocycles. The fourth-order valence-corrected chi connectivity index (χ4v) is 1.04. The predicted molar refractivity (Wildman–Crippen MR) is 41.3 cm³/mol. The van der Waals surface area contributed by atoms with Crippen molar-refractivity contribution in [2.45, 2.75) is 12.8 Å². The lowest BCUT2D eigenvalue weighted by Crippen LogP contribution is -1.91. The van der Waals surface area contributed by atoms with Crippen molar-refractivity contribution in [1.82, 2.24) is 9.97 Å². The topological polar surface area (TPSA) is 25.8 Å². The Bertz CT molecular complexity index is 217. The molecule has 4 heteroatoms. The maximum Gasteiger partial charge on any atom is 0.222 e. The van der Waals surface area contributed by atoms with Crippen LogP contribution in [0.2, 0.25) is 5.28 Å². The highest BCUT2D eigenvalue weighted by Gasteiger charge is 1.96. The summed E-state index contributed by atoms with van der Waals surface area (Å²) >= 11 is 11.1. The normalized spacial score (nSPS) is 9.90. The predicted octanol–water partition coefficient (Wildman–Crippen LogP) is 2.18. The molecule has 0 fully saturated rings. The van der Waals surface area contributed by atoms with E-state index in [0.29, 0.717) is 5.88 Å². The first-order valence-corrected chi connectivity index (χ1v) is 3.69. The highest BCUT2D eigenvalue weighted by atomic mass is 35.5. The van der Waals surface area contributed by atoms with Gasteiger partial charge in [-0.15, -0.1) is 11.6 Å². The van der Waals surface area contributed by atoms with Gasteiger partial charge in [-0.3, -0.25) is 0 Å². The van der Waals surface area contributed by atoms with Crippen molar-refractivity contribution in [2.24, 2.45) is 0 Å². The van der Waals surface area contributed by atoms with E-state index in [9.17, 15) is 0 Å². The fourth-order valence-electron chi connectivity index (χ4n) is 0.663. The van der Waals surface area contributed by atoms with Gasteiger partial charge in [-0.1, -0.05) is 0 Å². The monoisotopic (exact) mass is 176 g/mol. The molecule has 0 aliphatic carbocycles.